The maximum atomic E-state index is 10.4. The van der Waals surface area contributed by atoms with Crippen LogP contribution < -0.4 is 0 Å². The largest absolute Gasteiger partial charge is 0.481 e. The van der Waals surface area contributed by atoms with Crippen LogP contribution in [0.1, 0.15) is 39.5 Å². The van der Waals surface area contributed by atoms with Crippen LogP contribution in [0.15, 0.2) is 0 Å². The molecule has 0 fully saturated rings. The summed E-state index contributed by atoms with van der Waals surface area (Å²) in [5, 5.41) is 8.60. The molecular formula is C8H16AuO2. The average Bonchev–Trinajstić information content (AvgIpc) is 1.89. The molecule has 3 heteroatoms. The first-order valence-corrected chi connectivity index (χ1v) is 3.95. The second kappa shape index (κ2) is 8.31. The van der Waals surface area contributed by atoms with E-state index in [2.05, 4.69) is 6.92 Å². The molecule has 0 aliphatic rings. The molecule has 0 rings (SSSR count). The van der Waals surface area contributed by atoms with Gasteiger partial charge in [0.2, 0.25) is 0 Å². The predicted molar refractivity (Wildman–Crippen MR) is 40.9 cm³/mol. The molecule has 0 spiro atoms. The van der Waals surface area contributed by atoms with Crippen molar-refractivity contribution in [3.63, 3.8) is 0 Å². The molecule has 1 unspecified atom stereocenters. The summed E-state index contributed by atoms with van der Waals surface area (Å²) < 4.78 is 0. The minimum Gasteiger partial charge on any atom is -0.481 e. The van der Waals surface area contributed by atoms with Crippen LogP contribution in [0.4, 0.5) is 0 Å². The van der Waals surface area contributed by atoms with Gasteiger partial charge in [-0.3, -0.25) is 4.79 Å². The number of rotatable bonds is 5. The molecule has 0 aliphatic carbocycles. The van der Waals surface area contributed by atoms with Crippen LogP contribution in [0.5, 0.6) is 0 Å². The standard InChI is InChI=1S/C8H16O2.Au/c1-3-5-6-7(4-2)8(9)10;/h7H,3-6H2,1-2H3,(H,9,10);. The first kappa shape index (κ1) is 13.8. The van der Waals surface area contributed by atoms with Crippen LogP contribution in [-0.2, 0) is 27.2 Å². The molecule has 0 heterocycles. The van der Waals surface area contributed by atoms with Gasteiger partial charge in [0, 0.05) is 22.4 Å². The topological polar surface area (TPSA) is 37.3 Å². The number of carbonyl (C=O) groups is 1. The van der Waals surface area contributed by atoms with Crippen molar-refractivity contribution >= 4 is 5.97 Å². The minimum absolute atomic E-state index is 0. The molecule has 1 radical (unpaired) electrons. The third-order valence-electron chi connectivity index (χ3n) is 1.75. The monoisotopic (exact) mass is 341 g/mol. The van der Waals surface area contributed by atoms with Gasteiger partial charge in [0.05, 0.1) is 5.92 Å². The van der Waals surface area contributed by atoms with Crippen LogP contribution >= 0.6 is 0 Å². The normalized spacial score (nSPS) is 11.8. The van der Waals surface area contributed by atoms with Crippen molar-refractivity contribution in [2.75, 3.05) is 0 Å². The Kier molecular flexibility index (Phi) is 10.4. The van der Waals surface area contributed by atoms with Crippen molar-refractivity contribution in [3.8, 4) is 0 Å². The van der Waals surface area contributed by atoms with Gasteiger partial charge in [-0.25, -0.2) is 0 Å². The Hall–Kier alpha value is 0.210. The fourth-order valence-electron chi connectivity index (χ4n) is 0.953. The molecule has 0 bridgehead atoms. The maximum Gasteiger partial charge on any atom is 0.306 e. The molecule has 0 amide bonds. The van der Waals surface area contributed by atoms with Crippen molar-refractivity contribution in [3.05, 3.63) is 0 Å². The molecule has 0 aromatic heterocycles. The Bertz CT molecular complexity index is 104. The van der Waals surface area contributed by atoms with E-state index in [0.717, 1.165) is 25.7 Å². The number of unbranched alkanes of at least 4 members (excludes halogenated alkanes) is 1. The molecule has 71 valence electrons. The quantitative estimate of drug-likeness (QED) is 0.779. The van der Waals surface area contributed by atoms with Gasteiger partial charge < -0.3 is 5.11 Å². The zero-order valence-electron chi connectivity index (χ0n) is 7.06. The van der Waals surface area contributed by atoms with E-state index in [1.54, 1.807) is 0 Å². The van der Waals surface area contributed by atoms with Crippen LogP contribution in [0, 0.1) is 5.92 Å². The SMILES string of the molecule is CCCCC(CC)C(=O)O.[Au]. The summed E-state index contributed by atoms with van der Waals surface area (Å²) in [4.78, 5) is 10.4. The fraction of sp³-hybridized carbons (Fsp3) is 0.875. The van der Waals surface area contributed by atoms with Gasteiger partial charge in [-0.2, -0.15) is 0 Å². The maximum absolute atomic E-state index is 10.4. The molecule has 0 saturated heterocycles. The van der Waals surface area contributed by atoms with Gasteiger partial charge in [0.25, 0.3) is 0 Å². The molecule has 0 aromatic rings. The summed E-state index contributed by atoms with van der Waals surface area (Å²) >= 11 is 0. The minimum atomic E-state index is -0.643. The first-order valence-electron chi connectivity index (χ1n) is 3.95. The van der Waals surface area contributed by atoms with Crippen molar-refractivity contribution in [2.45, 2.75) is 39.5 Å². The smallest absolute Gasteiger partial charge is 0.306 e. The molecular weight excluding hydrogens is 325 g/mol. The van der Waals surface area contributed by atoms with Gasteiger partial charge in [-0.15, -0.1) is 0 Å². The number of hydrogen-bond donors (Lipinski definition) is 1. The number of carboxylic acid groups (broad SMARTS) is 1. The average molecular weight is 341 g/mol. The Morgan fingerprint density at radius 1 is 1.45 bits per heavy atom. The summed E-state index contributed by atoms with van der Waals surface area (Å²) in [6.07, 6.45) is 3.71. The van der Waals surface area contributed by atoms with E-state index in [4.69, 9.17) is 5.11 Å². The molecule has 1 N–H and O–H groups in total. The van der Waals surface area contributed by atoms with Gasteiger partial charge in [-0.05, 0) is 12.8 Å². The Morgan fingerprint density at radius 2 is 2.00 bits per heavy atom. The Labute approximate surface area is 83.9 Å². The Balaban J connectivity index is 0. The van der Waals surface area contributed by atoms with E-state index in [1.165, 1.54) is 0 Å². The number of hydrogen-bond acceptors (Lipinski definition) is 1. The third-order valence-corrected chi connectivity index (χ3v) is 1.75. The van der Waals surface area contributed by atoms with Gasteiger partial charge in [0.15, 0.2) is 0 Å². The van der Waals surface area contributed by atoms with Crippen molar-refractivity contribution < 1.29 is 32.3 Å². The summed E-state index contributed by atoms with van der Waals surface area (Å²) in [5.41, 5.74) is 0. The van der Waals surface area contributed by atoms with Crippen molar-refractivity contribution in [1.29, 1.82) is 0 Å². The molecule has 0 saturated carbocycles. The summed E-state index contributed by atoms with van der Waals surface area (Å²) in [6, 6.07) is 0. The van der Waals surface area contributed by atoms with E-state index in [1.807, 2.05) is 6.92 Å². The first-order chi connectivity index (χ1) is 4.72. The molecule has 11 heavy (non-hydrogen) atoms. The van der Waals surface area contributed by atoms with E-state index >= 15 is 0 Å². The van der Waals surface area contributed by atoms with Gasteiger partial charge >= 0.3 is 5.97 Å². The Morgan fingerprint density at radius 3 is 2.27 bits per heavy atom. The number of aliphatic carboxylic acids is 1. The third kappa shape index (κ3) is 6.60. The van der Waals surface area contributed by atoms with Crippen molar-refractivity contribution in [1.82, 2.24) is 0 Å². The number of carboxylic acids is 1. The van der Waals surface area contributed by atoms with Crippen LogP contribution in [0.3, 0.4) is 0 Å². The van der Waals surface area contributed by atoms with Gasteiger partial charge in [0.1, 0.15) is 0 Å². The van der Waals surface area contributed by atoms with E-state index < -0.39 is 5.97 Å². The van der Waals surface area contributed by atoms with Crippen molar-refractivity contribution in [2.24, 2.45) is 5.92 Å². The molecule has 0 aromatic carbocycles. The zero-order valence-corrected chi connectivity index (χ0v) is 9.23. The summed E-state index contributed by atoms with van der Waals surface area (Å²) in [6.45, 7) is 4.00. The van der Waals surface area contributed by atoms with E-state index in [-0.39, 0.29) is 28.3 Å². The molecule has 2 nitrogen and oxygen atoms in total. The van der Waals surface area contributed by atoms with E-state index in [9.17, 15) is 4.79 Å². The van der Waals surface area contributed by atoms with Crippen LogP contribution in [-0.4, -0.2) is 11.1 Å². The zero-order chi connectivity index (χ0) is 7.98. The summed E-state index contributed by atoms with van der Waals surface area (Å²) in [7, 11) is 0. The molecule has 1 atom stereocenters. The second-order valence-corrected chi connectivity index (χ2v) is 2.59. The predicted octanol–water partition coefficient (Wildman–Crippen LogP) is 2.28. The molecule has 0 aliphatic heterocycles. The van der Waals surface area contributed by atoms with Crippen LogP contribution in [0.2, 0.25) is 0 Å². The van der Waals surface area contributed by atoms with E-state index in [0.29, 0.717) is 0 Å². The fourth-order valence-corrected chi connectivity index (χ4v) is 0.953. The summed E-state index contributed by atoms with van der Waals surface area (Å²) in [5.74, 6) is -0.754. The van der Waals surface area contributed by atoms with Gasteiger partial charge in [-0.1, -0.05) is 26.7 Å². The van der Waals surface area contributed by atoms with Crippen LogP contribution in [0.25, 0.3) is 0 Å². The second-order valence-electron chi connectivity index (χ2n) is 2.59.